The molecular weight excluding hydrogens is 440 g/mol. The normalized spacial score (nSPS) is 17.3. The summed E-state index contributed by atoms with van der Waals surface area (Å²) in [6, 6.07) is 5.81. The Morgan fingerprint density at radius 1 is 1.21 bits per heavy atom. The van der Waals surface area contributed by atoms with Gasteiger partial charge in [-0.15, -0.1) is 0 Å². The highest BCUT2D eigenvalue weighted by molar-refractivity contribution is 6.01. The molecule has 10 nitrogen and oxygen atoms in total. The molecule has 10 heteroatoms. The van der Waals surface area contributed by atoms with Gasteiger partial charge in [-0.3, -0.25) is 24.2 Å². The predicted molar refractivity (Wildman–Crippen MR) is 123 cm³/mol. The first-order chi connectivity index (χ1) is 16.2. The molecule has 3 rings (SSSR count). The fraction of sp³-hybridized carbons (Fsp3) is 0.417. The number of hydrogen-bond acceptors (Lipinski definition) is 6. The number of pyridine rings is 1. The van der Waals surface area contributed by atoms with Crippen molar-refractivity contribution in [2.24, 2.45) is 5.92 Å². The van der Waals surface area contributed by atoms with Gasteiger partial charge in [0.2, 0.25) is 11.8 Å². The fourth-order valence-electron chi connectivity index (χ4n) is 4.04. The molecule has 1 aliphatic rings. The summed E-state index contributed by atoms with van der Waals surface area (Å²) >= 11 is 0. The highest BCUT2D eigenvalue weighted by Crippen LogP contribution is 2.21. The number of carbonyl (C=O) groups is 5. The number of aromatic nitrogens is 1. The molecule has 180 valence electrons. The third kappa shape index (κ3) is 5.75. The molecule has 0 radical (unpaired) electrons. The molecule has 1 aliphatic heterocycles. The molecule has 34 heavy (non-hydrogen) atoms. The number of carbonyl (C=O) groups excluding carboxylic acids is 4. The maximum atomic E-state index is 13.4. The summed E-state index contributed by atoms with van der Waals surface area (Å²) < 4.78 is 0. The molecule has 0 spiro atoms. The Morgan fingerprint density at radius 2 is 1.97 bits per heavy atom. The first-order valence-corrected chi connectivity index (χ1v) is 11.1. The van der Waals surface area contributed by atoms with E-state index in [9.17, 15) is 24.0 Å². The number of likely N-dealkylation sites (tertiary alicyclic amines) is 1. The van der Waals surface area contributed by atoms with Gasteiger partial charge in [0.15, 0.2) is 0 Å². The number of benzene rings is 1. The van der Waals surface area contributed by atoms with Crippen molar-refractivity contribution in [3.8, 4) is 0 Å². The standard InChI is InChI=1S/C24H28N4O6/c1-14(2)21(27-22(32)16-7-8-18-15(11-16)5-3-9-25-18)24(34)28-10-4-6-19(28)23(33)26-17(13-29)12-20(30)31/h3,5,7-9,11,13-14,17,19,21H,4,6,10,12H2,1-2H3,(H,26,33)(H,27,32)(H,30,31)/t17-,19-,21-/m0/s1. The highest BCUT2D eigenvalue weighted by Gasteiger charge is 2.39. The molecule has 0 bridgehead atoms. The molecule has 0 aliphatic carbocycles. The Hall–Kier alpha value is -3.82. The molecule has 2 aromatic rings. The molecule has 1 fully saturated rings. The predicted octanol–water partition coefficient (Wildman–Crippen LogP) is 1.14. The summed E-state index contributed by atoms with van der Waals surface area (Å²) in [5.74, 6) is -2.87. The van der Waals surface area contributed by atoms with E-state index in [2.05, 4.69) is 15.6 Å². The van der Waals surface area contributed by atoms with Gasteiger partial charge in [-0.1, -0.05) is 19.9 Å². The van der Waals surface area contributed by atoms with E-state index in [0.717, 1.165) is 10.9 Å². The van der Waals surface area contributed by atoms with Crippen LogP contribution >= 0.6 is 0 Å². The molecule has 1 aromatic carbocycles. The summed E-state index contributed by atoms with van der Waals surface area (Å²) in [6.45, 7) is 3.92. The van der Waals surface area contributed by atoms with Crippen LogP contribution in [-0.2, 0) is 19.2 Å². The van der Waals surface area contributed by atoms with Crippen LogP contribution in [0.25, 0.3) is 10.9 Å². The minimum atomic E-state index is -1.22. The number of nitrogens with zero attached hydrogens (tertiary/aromatic N) is 2. The molecule has 1 aromatic heterocycles. The van der Waals surface area contributed by atoms with E-state index in [0.29, 0.717) is 31.2 Å². The molecule has 3 N–H and O–H groups in total. The smallest absolute Gasteiger partial charge is 0.305 e. The molecule has 3 atom stereocenters. The summed E-state index contributed by atoms with van der Waals surface area (Å²) in [7, 11) is 0. The Balaban J connectivity index is 1.73. The highest BCUT2D eigenvalue weighted by atomic mass is 16.4. The van der Waals surface area contributed by atoms with Crippen molar-refractivity contribution in [3.63, 3.8) is 0 Å². The molecule has 0 unspecified atom stereocenters. The number of amides is 3. The third-order valence-electron chi connectivity index (χ3n) is 5.81. The van der Waals surface area contributed by atoms with Gasteiger partial charge in [0.25, 0.3) is 5.91 Å². The van der Waals surface area contributed by atoms with Crippen LogP contribution in [0.15, 0.2) is 36.5 Å². The van der Waals surface area contributed by atoms with Crippen molar-refractivity contribution in [1.29, 1.82) is 0 Å². The summed E-state index contributed by atoms with van der Waals surface area (Å²) in [5.41, 5.74) is 1.13. The van der Waals surface area contributed by atoms with Gasteiger partial charge in [0, 0.05) is 23.7 Å². The lowest BCUT2D eigenvalue weighted by molar-refractivity contribution is -0.142. The van der Waals surface area contributed by atoms with Crippen LogP contribution in [0.3, 0.4) is 0 Å². The Kier molecular flexibility index (Phi) is 7.93. The SMILES string of the molecule is CC(C)[C@H](NC(=O)c1ccc2ncccc2c1)C(=O)N1CCC[C@H]1C(=O)N[C@H](C=O)CC(=O)O. The van der Waals surface area contributed by atoms with Crippen molar-refractivity contribution in [1.82, 2.24) is 20.5 Å². The van der Waals surface area contributed by atoms with Gasteiger partial charge in [0.05, 0.1) is 18.0 Å². The maximum Gasteiger partial charge on any atom is 0.305 e. The van der Waals surface area contributed by atoms with Crippen molar-refractivity contribution in [2.75, 3.05) is 6.54 Å². The van der Waals surface area contributed by atoms with Gasteiger partial charge in [-0.2, -0.15) is 0 Å². The molecular formula is C24H28N4O6. The zero-order valence-electron chi connectivity index (χ0n) is 19.1. The number of aldehydes is 1. The lowest BCUT2D eigenvalue weighted by Gasteiger charge is -2.31. The maximum absolute atomic E-state index is 13.4. The monoisotopic (exact) mass is 468 g/mol. The zero-order valence-corrected chi connectivity index (χ0v) is 19.1. The molecule has 0 saturated carbocycles. The summed E-state index contributed by atoms with van der Waals surface area (Å²) in [4.78, 5) is 66.7. The second kappa shape index (κ2) is 10.9. The number of rotatable bonds is 9. The van der Waals surface area contributed by atoms with Crippen molar-refractivity contribution in [2.45, 2.75) is 51.2 Å². The Labute approximate surface area is 196 Å². The van der Waals surface area contributed by atoms with Gasteiger partial charge in [-0.05, 0) is 43.0 Å². The number of nitrogens with one attached hydrogen (secondary N) is 2. The first kappa shape index (κ1) is 24.8. The lowest BCUT2D eigenvalue weighted by atomic mass is 10.0. The quantitative estimate of drug-likeness (QED) is 0.468. The average Bonchev–Trinajstić information content (AvgIpc) is 3.31. The second-order valence-electron chi connectivity index (χ2n) is 8.64. The van der Waals surface area contributed by atoms with Gasteiger partial charge in [-0.25, -0.2) is 0 Å². The number of hydrogen-bond donors (Lipinski definition) is 3. The van der Waals surface area contributed by atoms with Crippen LogP contribution < -0.4 is 10.6 Å². The Bertz CT molecular complexity index is 1100. The van der Waals surface area contributed by atoms with Crippen LogP contribution in [0.5, 0.6) is 0 Å². The van der Waals surface area contributed by atoms with E-state index in [4.69, 9.17) is 5.11 Å². The minimum Gasteiger partial charge on any atom is -0.481 e. The average molecular weight is 469 g/mol. The van der Waals surface area contributed by atoms with Crippen LogP contribution in [0, 0.1) is 5.92 Å². The second-order valence-corrected chi connectivity index (χ2v) is 8.64. The number of carboxylic acids is 1. The van der Waals surface area contributed by atoms with E-state index >= 15 is 0 Å². The largest absolute Gasteiger partial charge is 0.481 e. The van der Waals surface area contributed by atoms with E-state index in [1.165, 1.54) is 4.90 Å². The number of fused-ring (bicyclic) bond motifs is 1. The number of aliphatic carboxylic acids is 1. The van der Waals surface area contributed by atoms with Gasteiger partial charge >= 0.3 is 5.97 Å². The van der Waals surface area contributed by atoms with E-state index in [1.54, 1.807) is 44.3 Å². The summed E-state index contributed by atoms with van der Waals surface area (Å²) in [5, 5.41) is 14.9. The Morgan fingerprint density at radius 3 is 2.65 bits per heavy atom. The van der Waals surface area contributed by atoms with Crippen LogP contribution in [0.1, 0.15) is 43.5 Å². The first-order valence-electron chi connectivity index (χ1n) is 11.1. The van der Waals surface area contributed by atoms with E-state index in [-0.39, 0.29) is 5.92 Å². The molecule has 3 amide bonds. The van der Waals surface area contributed by atoms with Crippen LogP contribution in [-0.4, -0.2) is 69.6 Å². The topological polar surface area (TPSA) is 146 Å². The van der Waals surface area contributed by atoms with Gasteiger partial charge < -0.3 is 25.4 Å². The van der Waals surface area contributed by atoms with Gasteiger partial charge in [0.1, 0.15) is 18.4 Å². The zero-order chi connectivity index (χ0) is 24.8. The third-order valence-corrected chi connectivity index (χ3v) is 5.81. The number of carboxylic acid groups (broad SMARTS) is 1. The lowest BCUT2D eigenvalue weighted by Crippen LogP contribution is -2.56. The molecule has 1 saturated heterocycles. The van der Waals surface area contributed by atoms with Crippen molar-refractivity contribution < 1.29 is 29.1 Å². The summed E-state index contributed by atoms with van der Waals surface area (Å²) in [6.07, 6.45) is 2.44. The minimum absolute atomic E-state index is 0.252. The van der Waals surface area contributed by atoms with Crippen molar-refractivity contribution in [3.05, 3.63) is 42.1 Å². The fourth-order valence-corrected chi connectivity index (χ4v) is 4.04. The van der Waals surface area contributed by atoms with Crippen LogP contribution in [0.2, 0.25) is 0 Å². The van der Waals surface area contributed by atoms with E-state index in [1.807, 2.05) is 6.07 Å². The van der Waals surface area contributed by atoms with Crippen molar-refractivity contribution >= 4 is 40.9 Å². The molecule has 2 heterocycles. The van der Waals surface area contributed by atoms with E-state index < -0.39 is 48.2 Å². The van der Waals surface area contributed by atoms with Crippen LogP contribution in [0.4, 0.5) is 0 Å².